The number of nitrogens with zero attached hydrogens (tertiary/aromatic N) is 8. The van der Waals surface area contributed by atoms with Crippen LogP contribution < -0.4 is 0 Å². The Morgan fingerprint density at radius 2 is 0.463 bits per heavy atom. The number of aryl methyl sites for hydroxylation is 8. The van der Waals surface area contributed by atoms with Crippen LogP contribution in [0.4, 0.5) is 0 Å². The first-order chi connectivity index (χ1) is 58.8. The summed E-state index contributed by atoms with van der Waals surface area (Å²) in [6.45, 7) is 28.0. The molecule has 0 atom stereocenters. The summed E-state index contributed by atoms with van der Waals surface area (Å²) in [5.74, 6) is 0. The lowest BCUT2D eigenvalue weighted by Gasteiger charge is -2.18. The molecule has 0 aliphatic heterocycles. The summed E-state index contributed by atoms with van der Waals surface area (Å²) < 4.78 is 0. The lowest BCUT2D eigenvalue weighted by molar-refractivity contribution is 1.17. The SMILES string of the molecule is Cc1c(C)c(C)c(-c2ccc(-c3ccccn3)nc2)c(C)c1C.Cc1ccc(-c2cc(-c3ccc(C)cc3)cc(-c3ccc(-c4ccccn4)nc3)c2)cc1.Cc1ccc(C)c(-c2ccc(-c3ccc(-c4cc(C)ccc4C)cn3)nc2)c1.Cc1cccc(-c2cnc(-c3cc(-c4ccccc4)c(-c4cccc(C)c4)cn3)cc2-c2ccccc2)c1. The van der Waals surface area contributed by atoms with Crippen molar-refractivity contribution >= 4 is 0 Å². The molecule has 0 saturated heterocycles. The van der Waals surface area contributed by atoms with Crippen LogP contribution in [0, 0.1) is 90.0 Å². The summed E-state index contributed by atoms with van der Waals surface area (Å²) in [6, 6.07) is 108. The highest BCUT2D eigenvalue weighted by Crippen LogP contribution is 2.41. The van der Waals surface area contributed by atoms with Gasteiger partial charge in [0.25, 0.3) is 0 Å². The molecule has 8 heteroatoms. The van der Waals surface area contributed by atoms with Gasteiger partial charge in [0.2, 0.25) is 0 Å². The molecule has 0 bridgehead atoms. The maximum Gasteiger partial charge on any atom is 0.0893 e. The van der Waals surface area contributed by atoms with Gasteiger partial charge in [-0.25, -0.2) is 0 Å². The topological polar surface area (TPSA) is 103 Å². The average Bonchev–Trinajstić information content (AvgIpc) is 0.787. The molecule has 8 nitrogen and oxygen atoms in total. The van der Waals surface area contributed by atoms with E-state index in [1.54, 1.807) is 12.4 Å². The minimum atomic E-state index is 0.855. The number of rotatable bonds is 14. The van der Waals surface area contributed by atoms with Crippen molar-refractivity contribution in [2.75, 3.05) is 0 Å². The fourth-order valence-electron chi connectivity index (χ4n) is 15.5. The summed E-state index contributed by atoms with van der Waals surface area (Å²) in [6.07, 6.45) is 15.4. The Balaban J connectivity index is 0.000000127. The Labute approximate surface area is 713 Å². The summed E-state index contributed by atoms with van der Waals surface area (Å²) >= 11 is 0. The van der Waals surface area contributed by atoms with Crippen LogP contribution in [0.25, 0.3) is 157 Å². The zero-order valence-corrected chi connectivity index (χ0v) is 71.1. The summed E-state index contributed by atoms with van der Waals surface area (Å²) in [4.78, 5) is 37.3. The number of pyridine rings is 8. The molecule has 590 valence electrons. The highest BCUT2D eigenvalue weighted by molar-refractivity contribution is 5.89. The van der Waals surface area contributed by atoms with E-state index in [0.717, 1.165) is 112 Å². The van der Waals surface area contributed by atoms with Gasteiger partial charge in [0, 0.05) is 83.0 Å². The van der Waals surface area contributed by atoms with Crippen molar-refractivity contribution in [1.82, 2.24) is 39.9 Å². The highest BCUT2D eigenvalue weighted by atomic mass is 14.8. The van der Waals surface area contributed by atoms with E-state index in [1.165, 1.54) is 117 Å². The van der Waals surface area contributed by atoms with E-state index in [4.69, 9.17) is 15.0 Å². The van der Waals surface area contributed by atoms with Crippen molar-refractivity contribution in [3.05, 3.63) is 431 Å². The van der Waals surface area contributed by atoms with E-state index in [-0.39, 0.29) is 0 Å². The van der Waals surface area contributed by atoms with Gasteiger partial charge in [0.15, 0.2) is 0 Å². The molecule has 121 heavy (non-hydrogen) atoms. The molecular formula is C113H98N8. The molecule has 0 amide bonds. The minimum Gasteiger partial charge on any atom is -0.255 e. The Morgan fingerprint density at radius 1 is 0.149 bits per heavy atom. The largest absolute Gasteiger partial charge is 0.255 e. The first-order valence-corrected chi connectivity index (χ1v) is 41.3. The van der Waals surface area contributed by atoms with Crippen molar-refractivity contribution in [3.63, 3.8) is 0 Å². The quantitative estimate of drug-likeness (QED) is 0.106. The van der Waals surface area contributed by atoms with E-state index < -0.39 is 0 Å². The normalized spacial score (nSPS) is 10.9. The number of hydrogen-bond acceptors (Lipinski definition) is 8. The van der Waals surface area contributed by atoms with Crippen LogP contribution in [0.15, 0.2) is 359 Å². The van der Waals surface area contributed by atoms with Crippen LogP contribution in [-0.4, -0.2) is 39.9 Å². The molecule has 18 rings (SSSR count). The molecule has 8 heterocycles. The van der Waals surface area contributed by atoms with Crippen molar-refractivity contribution in [2.24, 2.45) is 0 Å². The van der Waals surface area contributed by atoms with Crippen LogP contribution in [0.2, 0.25) is 0 Å². The van der Waals surface area contributed by atoms with Gasteiger partial charge < -0.3 is 0 Å². The van der Waals surface area contributed by atoms with Crippen LogP contribution in [0.1, 0.15) is 72.3 Å². The molecule has 8 aromatic heterocycles. The smallest absolute Gasteiger partial charge is 0.0893 e. The Bertz CT molecular complexity index is 6310. The maximum absolute atomic E-state index is 4.93. The fourth-order valence-corrected chi connectivity index (χ4v) is 15.5. The summed E-state index contributed by atoms with van der Waals surface area (Å²) in [5.41, 5.74) is 47.4. The predicted molar refractivity (Wildman–Crippen MR) is 506 cm³/mol. The minimum absolute atomic E-state index is 0.855. The van der Waals surface area contributed by atoms with Crippen molar-refractivity contribution in [1.29, 1.82) is 0 Å². The third-order valence-corrected chi connectivity index (χ3v) is 22.8. The van der Waals surface area contributed by atoms with Gasteiger partial charge in [-0.15, -0.1) is 0 Å². The van der Waals surface area contributed by atoms with Crippen molar-refractivity contribution in [2.45, 2.75) is 90.0 Å². The number of benzene rings is 10. The predicted octanol–water partition coefficient (Wildman–Crippen LogP) is 29.3. The van der Waals surface area contributed by atoms with Gasteiger partial charge >= 0.3 is 0 Å². The van der Waals surface area contributed by atoms with Crippen molar-refractivity contribution in [3.8, 4) is 157 Å². The van der Waals surface area contributed by atoms with Gasteiger partial charge in [0.1, 0.15) is 0 Å². The number of aromatic nitrogens is 8. The maximum atomic E-state index is 4.93. The first kappa shape index (κ1) is 81.5. The molecule has 0 spiro atoms. The highest BCUT2D eigenvalue weighted by Gasteiger charge is 2.19. The molecular weight excluding hydrogens is 1470 g/mol. The van der Waals surface area contributed by atoms with Gasteiger partial charge in [-0.05, 0) is 286 Å². The first-order valence-electron chi connectivity index (χ1n) is 41.3. The standard InChI is InChI=1S/C36H28N2.C30H24N2.C26H24N2.C21H22N2/c1-25-11-9-17-29(19-25)33-23-37-35(21-31(33)27-13-5-3-6-14-27)36-22-32(28-15-7-4-8-16-28)34(24-38-36)30-18-10-12-26(2)20-30;1-21-6-10-23(11-7-21)26-17-27(24-12-8-22(2)9-13-24)19-28(18-26)25-14-15-30(32-20-25)29-5-3-4-16-31-29;1-17-5-7-19(3)23(13-17)21-9-11-25(27-15-21)26-12-10-22(16-28-26)24-14-18(2)6-8-20(24)4;1-13-14(2)16(4)21(17(5)15(13)3)18-9-10-20(23-12-18)19-8-6-7-11-22-19/h3-24H,1-2H3;3-20H,1-2H3;5-16H,1-4H3;6-12H,1-5H3. The Hall–Kier alpha value is -14.6. The zero-order chi connectivity index (χ0) is 84.0. The van der Waals surface area contributed by atoms with Crippen LogP contribution in [0.5, 0.6) is 0 Å². The molecule has 18 aromatic rings. The molecule has 10 aromatic carbocycles. The monoisotopic (exact) mass is 1570 g/mol. The molecule has 0 aliphatic rings. The fraction of sp³-hybridized carbons (Fsp3) is 0.115. The van der Waals surface area contributed by atoms with Crippen molar-refractivity contribution < 1.29 is 0 Å². The van der Waals surface area contributed by atoms with Gasteiger partial charge in [-0.2, -0.15) is 0 Å². The average molecular weight is 1570 g/mol. The van der Waals surface area contributed by atoms with Gasteiger partial charge in [-0.3, -0.25) is 39.9 Å². The molecule has 0 N–H and O–H groups in total. The molecule has 0 saturated carbocycles. The summed E-state index contributed by atoms with van der Waals surface area (Å²) in [7, 11) is 0. The second kappa shape index (κ2) is 37.3. The van der Waals surface area contributed by atoms with E-state index in [1.807, 2.05) is 79.6 Å². The molecule has 0 radical (unpaired) electrons. The van der Waals surface area contributed by atoms with Crippen LogP contribution in [0.3, 0.4) is 0 Å². The van der Waals surface area contributed by atoms with E-state index in [9.17, 15) is 0 Å². The second-order valence-corrected chi connectivity index (χ2v) is 31.5. The zero-order valence-electron chi connectivity index (χ0n) is 71.1. The third kappa shape index (κ3) is 19.3. The molecule has 0 unspecified atom stereocenters. The van der Waals surface area contributed by atoms with Gasteiger partial charge in [-0.1, -0.05) is 264 Å². The third-order valence-electron chi connectivity index (χ3n) is 22.8. The van der Waals surface area contributed by atoms with Gasteiger partial charge in [0.05, 0.1) is 45.6 Å². The molecule has 0 fully saturated rings. The lowest BCUT2D eigenvalue weighted by atomic mass is 9.87. The molecule has 0 aliphatic carbocycles. The summed E-state index contributed by atoms with van der Waals surface area (Å²) in [5, 5.41) is 0. The van der Waals surface area contributed by atoms with E-state index in [0.29, 0.717) is 0 Å². The lowest BCUT2D eigenvalue weighted by Crippen LogP contribution is -2.00. The Morgan fingerprint density at radius 3 is 0.826 bits per heavy atom. The van der Waals surface area contributed by atoms with E-state index in [2.05, 4.69) is 382 Å². The van der Waals surface area contributed by atoms with Crippen LogP contribution in [-0.2, 0) is 0 Å². The Kier molecular flexibility index (Phi) is 25.2. The van der Waals surface area contributed by atoms with E-state index >= 15 is 0 Å². The van der Waals surface area contributed by atoms with Crippen LogP contribution >= 0.6 is 0 Å². The number of hydrogen-bond donors (Lipinski definition) is 0. The second-order valence-electron chi connectivity index (χ2n) is 31.5.